The minimum Gasteiger partial charge on any atom is -0.379 e. The van der Waals surface area contributed by atoms with Crippen LogP contribution < -0.4 is 4.90 Å². The summed E-state index contributed by atoms with van der Waals surface area (Å²) in [6.07, 6.45) is 1.26. The molecular formula is C23H27Cl2N3O2S. The number of amides is 1. The van der Waals surface area contributed by atoms with E-state index in [1.807, 2.05) is 48.2 Å². The Bertz CT molecular complexity index is 1020. The van der Waals surface area contributed by atoms with Gasteiger partial charge < -0.3 is 4.74 Å². The van der Waals surface area contributed by atoms with Crippen LogP contribution in [0.25, 0.3) is 10.2 Å². The van der Waals surface area contributed by atoms with E-state index in [0.29, 0.717) is 18.0 Å². The summed E-state index contributed by atoms with van der Waals surface area (Å²) in [5.74, 6) is 0.0674. The van der Waals surface area contributed by atoms with Crippen LogP contribution in [0.15, 0.2) is 42.5 Å². The fourth-order valence-corrected chi connectivity index (χ4v) is 5.02. The van der Waals surface area contributed by atoms with Crippen molar-refractivity contribution in [1.29, 1.82) is 0 Å². The highest BCUT2D eigenvalue weighted by Crippen LogP contribution is 2.33. The highest BCUT2D eigenvalue weighted by molar-refractivity contribution is 7.22. The van der Waals surface area contributed by atoms with Crippen molar-refractivity contribution in [3.63, 3.8) is 0 Å². The Morgan fingerprint density at radius 1 is 1.23 bits per heavy atom. The molecule has 5 nitrogen and oxygen atoms in total. The van der Waals surface area contributed by atoms with Crippen LogP contribution in [0.2, 0.25) is 5.02 Å². The number of halogens is 2. The maximum absolute atomic E-state index is 13.3. The molecule has 1 saturated heterocycles. The van der Waals surface area contributed by atoms with Crippen molar-refractivity contribution in [3.8, 4) is 0 Å². The number of nitrogens with zero attached hydrogens (tertiary/aromatic N) is 3. The molecule has 0 radical (unpaired) electrons. The highest BCUT2D eigenvalue weighted by Gasteiger charge is 2.21. The van der Waals surface area contributed by atoms with Crippen LogP contribution in [-0.4, -0.2) is 55.2 Å². The zero-order valence-corrected chi connectivity index (χ0v) is 19.9. The van der Waals surface area contributed by atoms with Crippen LogP contribution in [0.1, 0.15) is 17.5 Å². The molecule has 0 unspecified atom stereocenters. The molecule has 166 valence electrons. The molecular weight excluding hydrogens is 453 g/mol. The van der Waals surface area contributed by atoms with E-state index in [1.54, 1.807) is 0 Å². The zero-order chi connectivity index (χ0) is 20.9. The summed E-state index contributed by atoms with van der Waals surface area (Å²) in [6.45, 7) is 7.10. The lowest BCUT2D eigenvalue weighted by Gasteiger charge is -2.27. The third-order valence-electron chi connectivity index (χ3n) is 5.29. The Hall–Kier alpha value is -1.70. The summed E-state index contributed by atoms with van der Waals surface area (Å²) in [6, 6.07) is 13.9. The van der Waals surface area contributed by atoms with E-state index in [0.717, 1.165) is 65.7 Å². The monoisotopic (exact) mass is 479 g/mol. The molecule has 0 atom stereocenters. The van der Waals surface area contributed by atoms with Crippen LogP contribution >= 0.6 is 35.3 Å². The van der Waals surface area contributed by atoms with Gasteiger partial charge in [0.15, 0.2) is 5.13 Å². The Kier molecular flexibility index (Phi) is 8.69. The summed E-state index contributed by atoms with van der Waals surface area (Å²) < 4.78 is 6.43. The Balaban J connectivity index is 0.00000272. The van der Waals surface area contributed by atoms with E-state index >= 15 is 0 Å². The van der Waals surface area contributed by atoms with Gasteiger partial charge in [0.25, 0.3) is 0 Å². The van der Waals surface area contributed by atoms with Crippen LogP contribution in [0.3, 0.4) is 0 Å². The number of hydrogen-bond donors (Lipinski definition) is 0. The normalized spacial score (nSPS) is 14.4. The smallest absolute Gasteiger partial charge is 0.233 e. The van der Waals surface area contributed by atoms with E-state index in [1.165, 1.54) is 11.3 Å². The van der Waals surface area contributed by atoms with Crippen LogP contribution in [-0.2, 0) is 16.0 Å². The number of para-hydroxylation sites is 1. The second-order valence-electron chi connectivity index (χ2n) is 7.60. The van der Waals surface area contributed by atoms with Crippen molar-refractivity contribution in [2.24, 2.45) is 0 Å². The Labute approximate surface area is 198 Å². The lowest BCUT2D eigenvalue weighted by Crippen LogP contribution is -2.39. The van der Waals surface area contributed by atoms with Crippen molar-refractivity contribution in [2.75, 3.05) is 44.3 Å². The quantitative estimate of drug-likeness (QED) is 0.479. The van der Waals surface area contributed by atoms with Gasteiger partial charge in [-0.15, -0.1) is 12.4 Å². The number of anilines is 1. The first-order valence-electron chi connectivity index (χ1n) is 10.3. The van der Waals surface area contributed by atoms with E-state index in [2.05, 4.69) is 11.0 Å². The van der Waals surface area contributed by atoms with Gasteiger partial charge in [0.1, 0.15) is 5.52 Å². The average molecular weight is 480 g/mol. The molecule has 31 heavy (non-hydrogen) atoms. The first kappa shape index (κ1) is 24.0. The number of fused-ring (bicyclic) bond motifs is 1. The molecule has 0 aliphatic carbocycles. The number of ether oxygens (including phenoxy) is 1. The second kappa shape index (κ2) is 11.2. The number of carbonyl (C=O) groups is 1. The Morgan fingerprint density at radius 2 is 2.00 bits per heavy atom. The number of thiazole rings is 1. The SMILES string of the molecule is Cc1cccc(CC(=O)N(CCCN2CCOCC2)c2nc3c(Cl)cccc3s2)c1.Cl. The lowest BCUT2D eigenvalue weighted by molar-refractivity contribution is -0.118. The van der Waals surface area contributed by atoms with Crippen molar-refractivity contribution >= 4 is 56.6 Å². The van der Waals surface area contributed by atoms with Crippen LogP contribution in [0.4, 0.5) is 5.13 Å². The molecule has 1 aromatic heterocycles. The number of benzene rings is 2. The molecule has 0 bridgehead atoms. The summed E-state index contributed by atoms with van der Waals surface area (Å²) >= 11 is 7.85. The number of carbonyl (C=O) groups excluding carboxylic acids is 1. The van der Waals surface area contributed by atoms with E-state index in [9.17, 15) is 4.79 Å². The molecule has 1 aliphatic rings. The standard InChI is InChI=1S/C23H26ClN3O2S.ClH/c1-17-5-2-6-18(15-17)16-21(28)27(10-4-9-26-11-13-29-14-12-26)23-25-22-19(24)7-3-8-20(22)30-23;/h2-3,5-8,15H,4,9-14,16H2,1H3;1H. The predicted octanol–water partition coefficient (Wildman–Crippen LogP) is 4.98. The van der Waals surface area contributed by atoms with Crippen molar-refractivity contribution in [3.05, 3.63) is 58.6 Å². The maximum Gasteiger partial charge on any atom is 0.233 e. The van der Waals surface area contributed by atoms with Gasteiger partial charge in [-0.05, 0) is 31.0 Å². The van der Waals surface area contributed by atoms with Gasteiger partial charge in [-0.2, -0.15) is 0 Å². The molecule has 1 fully saturated rings. The molecule has 2 aromatic carbocycles. The molecule has 1 amide bonds. The number of aryl methyl sites for hydroxylation is 1. The van der Waals surface area contributed by atoms with E-state index in [4.69, 9.17) is 21.3 Å². The van der Waals surface area contributed by atoms with Gasteiger partial charge in [0.2, 0.25) is 5.91 Å². The van der Waals surface area contributed by atoms with Crippen LogP contribution in [0.5, 0.6) is 0 Å². The first-order chi connectivity index (χ1) is 14.6. The highest BCUT2D eigenvalue weighted by atomic mass is 35.5. The molecule has 4 rings (SSSR count). The first-order valence-corrected chi connectivity index (χ1v) is 11.5. The molecule has 0 spiro atoms. The van der Waals surface area contributed by atoms with Crippen LogP contribution in [0, 0.1) is 6.92 Å². The zero-order valence-electron chi connectivity index (χ0n) is 17.6. The Morgan fingerprint density at radius 3 is 2.74 bits per heavy atom. The van der Waals surface area contributed by atoms with Crippen molar-refractivity contribution < 1.29 is 9.53 Å². The number of hydrogen-bond acceptors (Lipinski definition) is 5. The van der Waals surface area contributed by atoms with Gasteiger partial charge in [0, 0.05) is 26.2 Å². The minimum absolute atomic E-state index is 0. The van der Waals surface area contributed by atoms with E-state index in [-0.39, 0.29) is 18.3 Å². The number of rotatable bonds is 7. The van der Waals surface area contributed by atoms with Gasteiger partial charge in [0.05, 0.1) is 29.4 Å². The van der Waals surface area contributed by atoms with Gasteiger partial charge in [-0.1, -0.05) is 58.8 Å². The molecule has 1 aliphatic heterocycles. The molecule has 0 N–H and O–H groups in total. The second-order valence-corrected chi connectivity index (χ2v) is 9.02. The molecule has 8 heteroatoms. The topological polar surface area (TPSA) is 45.7 Å². The fourth-order valence-electron chi connectivity index (χ4n) is 3.72. The predicted molar refractivity (Wildman–Crippen MR) is 131 cm³/mol. The maximum atomic E-state index is 13.3. The number of aromatic nitrogens is 1. The lowest BCUT2D eigenvalue weighted by atomic mass is 10.1. The third kappa shape index (κ3) is 6.18. The third-order valence-corrected chi connectivity index (χ3v) is 6.64. The van der Waals surface area contributed by atoms with Gasteiger partial charge in [-0.3, -0.25) is 14.6 Å². The molecule has 2 heterocycles. The van der Waals surface area contributed by atoms with E-state index < -0.39 is 0 Å². The van der Waals surface area contributed by atoms with Gasteiger partial charge >= 0.3 is 0 Å². The minimum atomic E-state index is 0. The summed E-state index contributed by atoms with van der Waals surface area (Å²) in [7, 11) is 0. The van der Waals surface area contributed by atoms with Crippen molar-refractivity contribution in [2.45, 2.75) is 19.8 Å². The average Bonchev–Trinajstić information content (AvgIpc) is 3.17. The van der Waals surface area contributed by atoms with Gasteiger partial charge in [-0.25, -0.2) is 4.98 Å². The fraction of sp³-hybridized carbons (Fsp3) is 0.391. The molecule has 3 aromatic rings. The summed E-state index contributed by atoms with van der Waals surface area (Å²) in [4.78, 5) is 22.2. The molecule has 0 saturated carbocycles. The number of morpholine rings is 1. The largest absolute Gasteiger partial charge is 0.379 e. The van der Waals surface area contributed by atoms with Crippen molar-refractivity contribution in [1.82, 2.24) is 9.88 Å². The summed E-state index contributed by atoms with van der Waals surface area (Å²) in [5, 5.41) is 1.34. The summed E-state index contributed by atoms with van der Waals surface area (Å²) in [5.41, 5.74) is 2.95.